The molecule has 3 aromatic rings. The molecule has 0 radical (unpaired) electrons. The fourth-order valence-corrected chi connectivity index (χ4v) is 3.48. The fourth-order valence-electron chi connectivity index (χ4n) is 3.48. The predicted octanol–water partition coefficient (Wildman–Crippen LogP) is 4.02. The van der Waals surface area contributed by atoms with Crippen LogP contribution in [0, 0.1) is 18.6 Å². The van der Waals surface area contributed by atoms with Gasteiger partial charge < -0.3 is 25.3 Å². The number of anilines is 3. The first kappa shape index (κ1) is 19.1. The molecule has 29 heavy (non-hydrogen) atoms. The van der Waals surface area contributed by atoms with Crippen LogP contribution in [0.2, 0.25) is 0 Å². The molecule has 0 aliphatic carbocycles. The lowest BCUT2D eigenvalue weighted by Gasteiger charge is -2.33. The smallest absolute Gasteiger partial charge is 0.323 e. The number of nitrogens with zero attached hydrogens (tertiary/aromatic N) is 2. The highest BCUT2D eigenvalue weighted by molar-refractivity contribution is 6.05. The second-order valence-electron chi connectivity index (χ2n) is 7.09. The first-order valence-electron chi connectivity index (χ1n) is 9.28. The van der Waals surface area contributed by atoms with Gasteiger partial charge in [0.05, 0.1) is 35.8 Å². The Balaban J connectivity index is 1.46. The average Bonchev–Trinajstić information content (AvgIpc) is 3.03. The lowest BCUT2D eigenvalue weighted by Crippen LogP contribution is -2.41. The number of hydrogen-bond donors (Lipinski definition) is 3. The maximum Gasteiger partial charge on any atom is 0.323 e. The summed E-state index contributed by atoms with van der Waals surface area (Å²) in [5, 5.41) is 5.73. The number of urea groups is 1. The minimum atomic E-state index is -0.978. The molecule has 0 unspecified atom stereocenters. The van der Waals surface area contributed by atoms with Crippen molar-refractivity contribution in [3.8, 4) is 0 Å². The van der Waals surface area contributed by atoms with Crippen LogP contribution in [0.1, 0.15) is 12.5 Å². The summed E-state index contributed by atoms with van der Waals surface area (Å²) >= 11 is 0. The molecule has 0 bridgehead atoms. The van der Waals surface area contributed by atoms with Crippen LogP contribution in [0.4, 0.5) is 30.8 Å². The van der Waals surface area contributed by atoms with Crippen LogP contribution in [-0.4, -0.2) is 41.8 Å². The number of benzene rings is 1. The third kappa shape index (κ3) is 4.00. The molecule has 1 atom stereocenters. The Labute approximate surface area is 166 Å². The summed E-state index contributed by atoms with van der Waals surface area (Å²) in [6, 6.07) is 3.42. The molecule has 1 aliphatic heterocycles. The van der Waals surface area contributed by atoms with Crippen molar-refractivity contribution in [2.45, 2.75) is 20.0 Å². The van der Waals surface area contributed by atoms with Crippen molar-refractivity contribution in [3.05, 3.63) is 47.8 Å². The number of nitrogens with one attached hydrogen (secondary N) is 3. The normalized spacial score (nSPS) is 16.8. The summed E-state index contributed by atoms with van der Waals surface area (Å²) in [4.78, 5) is 21.8. The number of halogens is 2. The average molecular weight is 401 g/mol. The van der Waals surface area contributed by atoms with Crippen molar-refractivity contribution >= 4 is 34.1 Å². The standard InChI is InChI=1S/C20H21F2N5O2/c1-11-5-13(8-24-19(11)27-3-4-29-12(2)10-27)25-20(28)26-18-9-23-17-7-16(22)15(21)6-14(17)18/h5-9,12,23H,3-4,10H2,1-2H3,(H2,25,26,28)/t12-/m0/s1. The number of rotatable bonds is 3. The number of carbonyl (C=O) groups is 1. The Morgan fingerprint density at radius 1 is 1.28 bits per heavy atom. The van der Waals surface area contributed by atoms with Crippen LogP contribution in [0.15, 0.2) is 30.6 Å². The molecule has 1 aromatic carbocycles. The molecule has 2 aromatic heterocycles. The molecule has 0 saturated carbocycles. The quantitative estimate of drug-likeness (QED) is 0.619. The van der Waals surface area contributed by atoms with Gasteiger partial charge in [0, 0.05) is 30.7 Å². The molecule has 0 spiro atoms. The highest BCUT2D eigenvalue weighted by atomic mass is 19.2. The van der Waals surface area contributed by atoms with E-state index in [0.29, 0.717) is 28.9 Å². The second kappa shape index (κ2) is 7.67. The van der Waals surface area contributed by atoms with Gasteiger partial charge in [-0.15, -0.1) is 0 Å². The summed E-state index contributed by atoms with van der Waals surface area (Å²) in [6.07, 6.45) is 3.21. The lowest BCUT2D eigenvalue weighted by atomic mass is 10.2. The Hall–Kier alpha value is -3.20. The van der Waals surface area contributed by atoms with E-state index >= 15 is 0 Å². The first-order valence-corrected chi connectivity index (χ1v) is 9.28. The van der Waals surface area contributed by atoms with Gasteiger partial charge in [-0.3, -0.25) is 0 Å². The van der Waals surface area contributed by atoms with Gasteiger partial charge in [-0.1, -0.05) is 0 Å². The van der Waals surface area contributed by atoms with E-state index < -0.39 is 17.7 Å². The number of carbonyl (C=O) groups excluding carboxylic acids is 1. The third-order valence-electron chi connectivity index (χ3n) is 4.82. The minimum absolute atomic E-state index is 0.142. The van der Waals surface area contributed by atoms with Crippen molar-refractivity contribution in [2.75, 3.05) is 35.2 Å². The zero-order valence-corrected chi connectivity index (χ0v) is 16.1. The Morgan fingerprint density at radius 3 is 2.83 bits per heavy atom. The van der Waals surface area contributed by atoms with Crippen LogP contribution in [0.5, 0.6) is 0 Å². The van der Waals surface area contributed by atoms with Gasteiger partial charge in [0.15, 0.2) is 11.6 Å². The Kier molecular flexibility index (Phi) is 5.06. The van der Waals surface area contributed by atoms with Gasteiger partial charge >= 0.3 is 6.03 Å². The zero-order chi connectivity index (χ0) is 20.5. The number of pyridine rings is 1. The van der Waals surface area contributed by atoms with Crippen LogP contribution in [0.3, 0.4) is 0 Å². The number of amides is 2. The molecular weight excluding hydrogens is 380 g/mol. The summed E-state index contributed by atoms with van der Waals surface area (Å²) in [6.45, 7) is 6.14. The number of fused-ring (bicyclic) bond motifs is 1. The summed E-state index contributed by atoms with van der Waals surface area (Å²) in [5.74, 6) is -1.07. The van der Waals surface area contributed by atoms with Gasteiger partial charge in [0.25, 0.3) is 0 Å². The van der Waals surface area contributed by atoms with E-state index in [0.717, 1.165) is 36.6 Å². The highest BCUT2D eigenvalue weighted by Gasteiger charge is 2.20. The van der Waals surface area contributed by atoms with E-state index in [2.05, 4.69) is 25.5 Å². The topological polar surface area (TPSA) is 82.3 Å². The third-order valence-corrected chi connectivity index (χ3v) is 4.82. The number of hydrogen-bond acceptors (Lipinski definition) is 4. The fraction of sp³-hybridized carbons (Fsp3) is 0.300. The molecule has 2 amide bonds. The molecular formula is C20H21F2N5O2. The van der Waals surface area contributed by atoms with E-state index in [1.807, 2.05) is 19.9 Å². The van der Waals surface area contributed by atoms with Crippen molar-refractivity contribution < 1.29 is 18.3 Å². The van der Waals surface area contributed by atoms with Crippen LogP contribution >= 0.6 is 0 Å². The number of aromatic nitrogens is 2. The Bertz CT molecular complexity index is 1070. The largest absolute Gasteiger partial charge is 0.375 e. The number of aryl methyl sites for hydroxylation is 1. The number of morpholine rings is 1. The summed E-state index contributed by atoms with van der Waals surface area (Å²) in [5.41, 5.74) is 2.20. The van der Waals surface area contributed by atoms with Gasteiger partial charge in [-0.25, -0.2) is 18.6 Å². The van der Waals surface area contributed by atoms with Crippen molar-refractivity contribution in [1.82, 2.24) is 9.97 Å². The summed E-state index contributed by atoms with van der Waals surface area (Å²) < 4.78 is 32.4. The Morgan fingerprint density at radius 2 is 2.07 bits per heavy atom. The SMILES string of the molecule is Cc1cc(NC(=O)Nc2c[nH]c3cc(F)c(F)cc23)cnc1N1CCO[C@@H](C)C1. The van der Waals surface area contributed by atoms with Crippen LogP contribution in [-0.2, 0) is 4.74 Å². The van der Waals surface area contributed by atoms with Crippen molar-refractivity contribution in [1.29, 1.82) is 0 Å². The van der Waals surface area contributed by atoms with Crippen molar-refractivity contribution in [3.63, 3.8) is 0 Å². The van der Waals surface area contributed by atoms with E-state index in [4.69, 9.17) is 4.74 Å². The van der Waals surface area contributed by atoms with Crippen LogP contribution < -0.4 is 15.5 Å². The van der Waals surface area contributed by atoms with Gasteiger partial charge in [-0.05, 0) is 31.5 Å². The molecule has 1 aliphatic rings. The molecule has 1 saturated heterocycles. The van der Waals surface area contributed by atoms with Gasteiger partial charge in [-0.2, -0.15) is 0 Å². The maximum absolute atomic E-state index is 13.5. The van der Waals surface area contributed by atoms with Gasteiger partial charge in [0.2, 0.25) is 0 Å². The zero-order valence-electron chi connectivity index (χ0n) is 16.1. The molecule has 3 N–H and O–H groups in total. The number of aromatic amines is 1. The van der Waals surface area contributed by atoms with E-state index in [-0.39, 0.29) is 6.10 Å². The number of ether oxygens (including phenoxy) is 1. The molecule has 7 nitrogen and oxygen atoms in total. The maximum atomic E-state index is 13.5. The van der Waals surface area contributed by atoms with Gasteiger partial charge in [0.1, 0.15) is 5.82 Å². The molecule has 152 valence electrons. The van der Waals surface area contributed by atoms with E-state index in [1.165, 1.54) is 6.20 Å². The monoisotopic (exact) mass is 401 g/mol. The van der Waals surface area contributed by atoms with Crippen molar-refractivity contribution in [2.24, 2.45) is 0 Å². The first-order chi connectivity index (χ1) is 13.9. The van der Waals surface area contributed by atoms with E-state index in [1.54, 1.807) is 6.20 Å². The van der Waals surface area contributed by atoms with E-state index in [9.17, 15) is 13.6 Å². The highest BCUT2D eigenvalue weighted by Crippen LogP contribution is 2.26. The summed E-state index contributed by atoms with van der Waals surface area (Å²) in [7, 11) is 0. The molecule has 1 fully saturated rings. The lowest BCUT2D eigenvalue weighted by molar-refractivity contribution is 0.0529. The number of H-pyrrole nitrogens is 1. The molecule has 3 heterocycles. The second-order valence-corrected chi connectivity index (χ2v) is 7.09. The molecule has 4 rings (SSSR count). The van der Waals surface area contributed by atoms with Crippen LogP contribution in [0.25, 0.3) is 10.9 Å². The molecule has 9 heteroatoms. The predicted molar refractivity (Wildman–Crippen MR) is 107 cm³/mol. The minimum Gasteiger partial charge on any atom is -0.375 e.